The Labute approximate surface area is 349 Å². The predicted molar refractivity (Wildman–Crippen MR) is 241 cm³/mol. The summed E-state index contributed by atoms with van der Waals surface area (Å²) in [7, 11) is -4.50. The average molecular weight is 833 g/mol. The van der Waals surface area contributed by atoms with Gasteiger partial charge in [0.15, 0.2) is 0 Å². The molecule has 0 bridgehead atoms. The number of aromatic amines is 1. The zero-order valence-corrected chi connectivity index (χ0v) is 38.8. The van der Waals surface area contributed by atoms with Gasteiger partial charge in [-0.2, -0.15) is 0 Å². The van der Waals surface area contributed by atoms with Crippen LogP contribution in [0.5, 0.6) is 0 Å². The van der Waals surface area contributed by atoms with Crippen LogP contribution in [-0.2, 0) is 26.3 Å². The summed E-state index contributed by atoms with van der Waals surface area (Å²) < 4.78 is 42.2. The number of hydrogen-bond donors (Lipinski definition) is 2. The van der Waals surface area contributed by atoms with Crippen molar-refractivity contribution in [2.45, 2.75) is 135 Å². The van der Waals surface area contributed by atoms with Crippen molar-refractivity contribution >= 4 is 27.9 Å². The van der Waals surface area contributed by atoms with Gasteiger partial charge in [-0.1, -0.05) is 145 Å². The minimum Gasteiger partial charge on any atom is -0.368 e. The third-order valence-corrected chi connectivity index (χ3v) is 16.8. The summed E-state index contributed by atoms with van der Waals surface area (Å²) in [4.78, 5) is 24.6. The van der Waals surface area contributed by atoms with Gasteiger partial charge in [0.2, 0.25) is 0 Å². The summed E-state index contributed by atoms with van der Waals surface area (Å²) in [5.41, 5.74) is 4.18. The quantitative estimate of drug-likeness (QED) is 0.0544. The number of unbranched alkanes of at least 4 members (excludes halogenated alkanes) is 7. The molecule has 11 heteroatoms. The summed E-state index contributed by atoms with van der Waals surface area (Å²) in [5.74, 6) is -0.525. The van der Waals surface area contributed by atoms with Crippen molar-refractivity contribution in [3.05, 3.63) is 119 Å². The molecule has 0 aliphatic rings. The Hall–Kier alpha value is -3.65. The maximum atomic E-state index is 14.4. The normalized spacial score (nSPS) is 14.2. The van der Waals surface area contributed by atoms with Crippen LogP contribution in [0.3, 0.4) is 0 Å². The highest BCUT2D eigenvalue weighted by atomic mass is 28.3. The minimum absolute atomic E-state index is 0.0101. The van der Waals surface area contributed by atoms with Crippen molar-refractivity contribution in [1.82, 2.24) is 14.9 Å². The number of amides is 2. The highest BCUT2D eigenvalue weighted by molar-refractivity contribution is 6.80. The summed E-state index contributed by atoms with van der Waals surface area (Å²) in [6, 6.07) is 24.2. The molecule has 0 spiro atoms. The zero-order valence-electron chi connectivity index (χ0n) is 36.8. The van der Waals surface area contributed by atoms with E-state index < -0.39 is 38.2 Å². The van der Waals surface area contributed by atoms with Gasteiger partial charge in [0.05, 0.1) is 33.2 Å². The molecular weight excluding hydrogens is 763 g/mol. The first-order valence-electron chi connectivity index (χ1n) is 21.7. The van der Waals surface area contributed by atoms with E-state index in [9.17, 15) is 13.6 Å². The monoisotopic (exact) mass is 832 g/mol. The molecule has 0 saturated heterocycles. The molecule has 0 aliphatic carbocycles. The number of ether oxygens (including phenoxy) is 2. The van der Waals surface area contributed by atoms with E-state index in [1.165, 1.54) is 12.5 Å². The number of carbonyl (C=O) groups excluding carboxylic acids is 1. The molecule has 318 valence electrons. The lowest BCUT2D eigenvalue weighted by Crippen LogP contribution is -2.57. The second kappa shape index (κ2) is 21.6. The van der Waals surface area contributed by atoms with Gasteiger partial charge in [-0.05, 0) is 56.4 Å². The third kappa shape index (κ3) is 11.1. The van der Waals surface area contributed by atoms with Crippen LogP contribution in [0, 0.1) is 11.6 Å². The summed E-state index contributed by atoms with van der Waals surface area (Å²) >= 11 is 0. The fraction of sp³-hybridized carbons (Fsp3) is 0.532. The van der Waals surface area contributed by atoms with Crippen molar-refractivity contribution in [2.75, 3.05) is 31.6 Å². The van der Waals surface area contributed by atoms with Crippen LogP contribution in [0.2, 0.25) is 39.3 Å². The molecule has 4 rings (SSSR count). The summed E-state index contributed by atoms with van der Waals surface area (Å²) in [5, 5.41) is 1.20. The van der Waals surface area contributed by atoms with E-state index in [4.69, 9.17) is 14.5 Å². The number of benzene rings is 3. The number of nitrogens with one attached hydrogen (secondary N) is 2. The Morgan fingerprint density at radius 2 is 1.22 bits per heavy atom. The number of nitrogens with zero attached hydrogens (tertiary/aromatic N) is 2. The van der Waals surface area contributed by atoms with Crippen LogP contribution >= 0.6 is 0 Å². The number of rotatable bonds is 24. The van der Waals surface area contributed by atoms with Crippen LogP contribution in [0.4, 0.5) is 19.3 Å². The molecule has 0 radical (unpaired) electrons. The Kier molecular flexibility index (Phi) is 17.5. The van der Waals surface area contributed by atoms with Crippen LogP contribution in [-0.4, -0.2) is 63.4 Å². The fourth-order valence-electron chi connectivity index (χ4n) is 8.40. The molecule has 2 amide bonds. The number of hydrogen-bond acceptors (Lipinski definition) is 4. The standard InChI is InChI=1S/C47H70F2N4O3Si2/c1-10-13-14-16-25-34-53(45(54)50-41-33-32-39(48)36-40(41)49)35-26-17-15-24-31-42-51-43(46(55-11-2,57(4,5)6)37-27-20-18-21-28-37)44(52-42)47(56-12-3,58(7,8)9)38-29-22-19-23-30-38/h18-23,27-30,32-33,36H,10-17,24-26,31,34-35H2,1-9H3,(H,50,54)(H,51,52). The molecule has 3 aromatic carbocycles. The van der Waals surface area contributed by atoms with Gasteiger partial charge in [-0.15, -0.1) is 0 Å². The van der Waals surface area contributed by atoms with E-state index in [2.05, 4.69) is 131 Å². The Balaban J connectivity index is 1.63. The molecule has 2 N–H and O–H groups in total. The van der Waals surface area contributed by atoms with Gasteiger partial charge in [0, 0.05) is 38.8 Å². The molecule has 7 nitrogen and oxygen atoms in total. The first-order valence-corrected chi connectivity index (χ1v) is 28.7. The molecule has 0 aliphatic heterocycles. The number of anilines is 1. The molecule has 4 aromatic rings. The van der Waals surface area contributed by atoms with Gasteiger partial charge in [0.1, 0.15) is 27.9 Å². The molecule has 0 fully saturated rings. The molecule has 1 heterocycles. The van der Waals surface area contributed by atoms with E-state index in [1.54, 1.807) is 4.90 Å². The fourth-order valence-corrected chi connectivity index (χ4v) is 13.4. The molecular formula is C47H70F2N4O3Si2. The number of urea groups is 1. The highest BCUT2D eigenvalue weighted by Crippen LogP contribution is 2.50. The van der Waals surface area contributed by atoms with Crippen LogP contribution in [0.25, 0.3) is 0 Å². The average Bonchev–Trinajstić information content (AvgIpc) is 3.61. The van der Waals surface area contributed by atoms with E-state index in [0.717, 1.165) is 98.3 Å². The van der Waals surface area contributed by atoms with E-state index >= 15 is 0 Å². The van der Waals surface area contributed by atoms with Gasteiger partial charge in [0.25, 0.3) is 0 Å². The lowest BCUT2D eigenvalue weighted by Gasteiger charge is -2.48. The Morgan fingerprint density at radius 3 is 1.74 bits per heavy atom. The number of halogens is 2. The number of imidazole rings is 1. The first-order chi connectivity index (χ1) is 27.7. The number of aryl methyl sites for hydroxylation is 1. The van der Waals surface area contributed by atoms with E-state index in [0.29, 0.717) is 26.3 Å². The maximum absolute atomic E-state index is 14.4. The number of carbonyl (C=O) groups is 1. The predicted octanol–water partition coefficient (Wildman–Crippen LogP) is 12.6. The number of H-pyrrole nitrogens is 1. The third-order valence-electron chi connectivity index (χ3n) is 11.2. The summed E-state index contributed by atoms with van der Waals surface area (Å²) in [6.07, 6.45) is 9.72. The largest absolute Gasteiger partial charge is 0.368 e. The molecule has 2 atom stereocenters. The SMILES string of the molecule is CCCCCCCN(CCCCCCc1nc(C(OCC)(c2ccccc2)[Si](C)(C)C)c(C(OCC)(c2ccccc2)[Si](C)(C)C)[nH]1)C(=O)Nc1ccc(F)cc1F. The van der Waals surface area contributed by atoms with Crippen molar-refractivity contribution in [1.29, 1.82) is 0 Å². The molecule has 58 heavy (non-hydrogen) atoms. The topological polar surface area (TPSA) is 79.5 Å². The van der Waals surface area contributed by atoms with E-state index in [1.807, 2.05) is 0 Å². The lowest BCUT2D eigenvalue weighted by molar-refractivity contribution is 0.0247. The van der Waals surface area contributed by atoms with Crippen LogP contribution in [0.15, 0.2) is 78.9 Å². The summed E-state index contributed by atoms with van der Waals surface area (Å²) in [6.45, 7) is 22.8. The highest BCUT2D eigenvalue weighted by Gasteiger charge is 2.57. The Bertz CT molecular complexity index is 1760. The van der Waals surface area contributed by atoms with Crippen LogP contribution < -0.4 is 5.32 Å². The number of aromatic nitrogens is 2. The lowest BCUT2D eigenvalue weighted by atomic mass is 9.97. The van der Waals surface area contributed by atoms with Gasteiger partial charge in [-0.25, -0.2) is 18.6 Å². The van der Waals surface area contributed by atoms with Gasteiger partial charge >= 0.3 is 6.03 Å². The van der Waals surface area contributed by atoms with Crippen LogP contribution in [0.1, 0.15) is 107 Å². The minimum atomic E-state index is -2.26. The molecule has 1 aromatic heterocycles. The van der Waals surface area contributed by atoms with Crippen molar-refractivity contribution in [3.8, 4) is 0 Å². The molecule has 0 saturated carbocycles. The Morgan fingerprint density at radius 1 is 0.707 bits per heavy atom. The van der Waals surface area contributed by atoms with Crippen molar-refractivity contribution < 1.29 is 23.0 Å². The van der Waals surface area contributed by atoms with Crippen molar-refractivity contribution in [3.63, 3.8) is 0 Å². The molecule has 2 unspecified atom stereocenters. The second-order valence-corrected chi connectivity index (χ2v) is 27.9. The van der Waals surface area contributed by atoms with Crippen molar-refractivity contribution in [2.24, 2.45) is 0 Å². The zero-order chi connectivity index (χ0) is 42.4. The van der Waals surface area contributed by atoms with Gasteiger partial charge < -0.3 is 24.7 Å². The van der Waals surface area contributed by atoms with E-state index in [-0.39, 0.29) is 11.7 Å². The smallest absolute Gasteiger partial charge is 0.321 e. The second-order valence-electron chi connectivity index (χ2n) is 17.5. The first kappa shape index (κ1) is 47.0. The van der Waals surface area contributed by atoms with Gasteiger partial charge in [-0.3, -0.25) is 0 Å². The maximum Gasteiger partial charge on any atom is 0.321 e.